The van der Waals surface area contributed by atoms with Crippen LogP contribution in [0.5, 0.6) is 0 Å². The predicted octanol–water partition coefficient (Wildman–Crippen LogP) is 4.08. The van der Waals surface area contributed by atoms with Crippen molar-refractivity contribution in [2.24, 2.45) is 0 Å². The molecule has 0 bridgehead atoms. The lowest BCUT2D eigenvalue weighted by Crippen LogP contribution is -2.52. The van der Waals surface area contributed by atoms with Gasteiger partial charge in [0.15, 0.2) is 0 Å². The monoisotopic (exact) mass is 365 g/mol. The molecule has 6 heteroatoms. The summed E-state index contributed by atoms with van der Waals surface area (Å²) < 4.78 is 44.1. The molecule has 1 atom stereocenters. The minimum atomic E-state index is -4.29. The number of rotatable bonds is 3. The highest BCUT2D eigenvalue weighted by Crippen LogP contribution is 2.30. The van der Waals surface area contributed by atoms with Crippen molar-refractivity contribution in [2.75, 3.05) is 18.4 Å². The van der Waals surface area contributed by atoms with Crippen LogP contribution in [0.3, 0.4) is 0 Å². The highest BCUT2D eigenvalue weighted by Gasteiger charge is 2.33. The molecule has 0 amide bonds. The molecule has 0 aliphatic carbocycles. The summed E-state index contributed by atoms with van der Waals surface area (Å²) in [6.07, 6.45) is -4.24. The quantitative estimate of drug-likeness (QED) is 0.748. The first-order chi connectivity index (χ1) is 9.69. The Morgan fingerprint density at radius 3 is 2.71 bits per heavy atom. The Morgan fingerprint density at radius 2 is 2.10 bits per heavy atom. The van der Waals surface area contributed by atoms with E-state index in [0.717, 1.165) is 11.4 Å². The van der Waals surface area contributed by atoms with Crippen molar-refractivity contribution in [3.05, 3.63) is 35.4 Å². The molecule has 118 valence electrons. The highest BCUT2D eigenvalue weighted by atomic mass is 79.9. The van der Waals surface area contributed by atoms with Crippen LogP contribution < -0.4 is 0 Å². The largest absolute Gasteiger partial charge is 0.416 e. The lowest BCUT2D eigenvalue weighted by molar-refractivity contribution is -0.138. The van der Waals surface area contributed by atoms with Gasteiger partial charge in [-0.2, -0.15) is 13.2 Å². The first-order valence-corrected chi connectivity index (χ1v) is 7.94. The molecule has 1 unspecified atom stereocenters. The second-order valence-electron chi connectivity index (χ2n) is 6.02. The van der Waals surface area contributed by atoms with Gasteiger partial charge in [0.2, 0.25) is 0 Å². The maximum absolute atomic E-state index is 12.7. The molecule has 0 radical (unpaired) electrons. The molecule has 2 nitrogen and oxygen atoms in total. The topological polar surface area (TPSA) is 12.5 Å². The third kappa shape index (κ3) is 4.69. The third-order valence-electron chi connectivity index (χ3n) is 3.38. The summed E-state index contributed by atoms with van der Waals surface area (Å²) in [5.74, 6) is 0. The molecule has 0 saturated carbocycles. The van der Waals surface area contributed by atoms with Gasteiger partial charge in [0, 0.05) is 25.0 Å². The van der Waals surface area contributed by atoms with Gasteiger partial charge in [-0.05, 0) is 25.5 Å². The standard InChI is InChI=1S/C15H19BrF3NO/c1-14(2)10-20(9-13(7-16)21-14)8-11-4-3-5-12(6-11)15(17,18)19/h3-6,13H,7-10H2,1-2H3. The van der Waals surface area contributed by atoms with E-state index >= 15 is 0 Å². The van der Waals surface area contributed by atoms with E-state index < -0.39 is 11.7 Å². The van der Waals surface area contributed by atoms with Gasteiger partial charge in [-0.1, -0.05) is 34.1 Å². The molecule has 21 heavy (non-hydrogen) atoms. The molecule has 1 aromatic rings. The molecule has 1 saturated heterocycles. The Morgan fingerprint density at radius 1 is 1.38 bits per heavy atom. The van der Waals surface area contributed by atoms with Crippen molar-refractivity contribution in [3.63, 3.8) is 0 Å². The molecule has 0 N–H and O–H groups in total. The fraction of sp³-hybridized carbons (Fsp3) is 0.600. The van der Waals surface area contributed by atoms with E-state index in [-0.39, 0.29) is 11.7 Å². The Hall–Kier alpha value is -0.590. The van der Waals surface area contributed by atoms with Crippen LogP contribution in [0.15, 0.2) is 24.3 Å². The van der Waals surface area contributed by atoms with Crippen molar-refractivity contribution in [1.29, 1.82) is 0 Å². The molecule has 1 heterocycles. The Balaban J connectivity index is 2.10. The average molecular weight is 366 g/mol. The first-order valence-electron chi connectivity index (χ1n) is 6.82. The maximum atomic E-state index is 12.7. The summed E-state index contributed by atoms with van der Waals surface area (Å²) >= 11 is 3.41. The van der Waals surface area contributed by atoms with E-state index in [2.05, 4.69) is 20.8 Å². The summed E-state index contributed by atoms with van der Waals surface area (Å²) in [4.78, 5) is 2.14. The fourth-order valence-corrected chi connectivity index (χ4v) is 3.06. The fourth-order valence-electron chi connectivity index (χ4n) is 2.72. The zero-order chi connectivity index (χ0) is 15.7. The van der Waals surface area contributed by atoms with Crippen LogP contribution in [0, 0.1) is 0 Å². The number of ether oxygens (including phenoxy) is 1. The number of halogens is 4. The van der Waals surface area contributed by atoms with Gasteiger partial charge in [0.25, 0.3) is 0 Å². The van der Waals surface area contributed by atoms with Crippen molar-refractivity contribution >= 4 is 15.9 Å². The Bertz CT molecular complexity index is 490. The zero-order valence-electron chi connectivity index (χ0n) is 12.1. The molecule has 1 aliphatic rings. The number of morpholine rings is 1. The van der Waals surface area contributed by atoms with E-state index in [9.17, 15) is 13.2 Å². The average Bonchev–Trinajstić information content (AvgIpc) is 2.36. The normalized spacial score (nSPS) is 23.2. The summed E-state index contributed by atoms with van der Waals surface area (Å²) in [5, 5.41) is 0.718. The summed E-state index contributed by atoms with van der Waals surface area (Å²) in [6.45, 7) is 5.92. The van der Waals surface area contributed by atoms with Crippen LogP contribution in [0.25, 0.3) is 0 Å². The van der Waals surface area contributed by atoms with Gasteiger partial charge in [0.1, 0.15) is 0 Å². The van der Waals surface area contributed by atoms with E-state index in [4.69, 9.17) is 4.74 Å². The minimum Gasteiger partial charge on any atom is -0.369 e. The summed E-state index contributed by atoms with van der Waals surface area (Å²) in [7, 11) is 0. The van der Waals surface area contributed by atoms with Crippen LogP contribution in [-0.2, 0) is 17.5 Å². The number of hydrogen-bond donors (Lipinski definition) is 0. The number of benzene rings is 1. The van der Waals surface area contributed by atoms with Crippen LogP contribution in [0.2, 0.25) is 0 Å². The molecule has 2 rings (SSSR count). The lowest BCUT2D eigenvalue weighted by Gasteiger charge is -2.42. The van der Waals surface area contributed by atoms with Crippen molar-refractivity contribution in [1.82, 2.24) is 4.90 Å². The molecular weight excluding hydrogens is 347 g/mol. The SMILES string of the molecule is CC1(C)CN(Cc2cccc(C(F)(F)F)c2)CC(CBr)O1. The lowest BCUT2D eigenvalue weighted by atomic mass is 10.0. The number of nitrogens with zero attached hydrogens (tertiary/aromatic N) is 1. The van der Waals surface area contributed by atoms with Gasteiger partial charge < -0.3 is 4.74 Å². The Kier molecular flexibility index (Phi) is 5.00. The van der Waals surface area contributed by atoms with E-state index in [1.54, 1.807) is 6.07 Å². The predicted molar refractivity (Wildman–Crippen MR) is 79.5 cm³/mol. The van der Waals surface area contributed by atoms with Crippen molar-refractivity contribution < 1.29 is 17.9 Å². The smallest absolute Gasteiger partial charge is 0.369 e. The highest BCUT2D eigenvalue weighted by molar-refractivity contribution is 9.09. The van der Waals surface area contributed by atoms with Gasteiger partial charge >= 0.3 is 6.18 Å². The molecule has 0 aromatic heterocycles. The van der Waals surface area contributed by atoms with Crippen molar-refractivity contribution in [3.8, 4) is 0 Å². The number of alkyl halides is 4. The minimum absolute atomic E-state index is 0.0551. The number of hydrogen-bond acceptors (Lipinski definition) is 2. The zero-order valence-corrected chi connectivity index (χ0v) is 13.7. The second kappa shape index (κ2) is 6.26. The van der Waals surface area contributed by atoms with Crippen LogP contribution in [0.4, 0.5) is 13.2 Å². The molecular formula is C15H19BrF3NO. The summed E-state index contributed by atoms with van der Waals surface area (Å²) in [5.41, 5.74) is -0.210. The summed E-state index contributed by atoms with van der Waals surface area (Å²) in [6, 6.07) is 5.53. The molecule has 1 fully saturated rings. The van der Waals surface area contributed by atoms with Crippen molar-refractivity contribution in [2.45, 2.75) is 38.3 Å². The van der Waals surface area contributed by atoms with Gasteiger partial charge in [0.05, 0.1) is 17.3 Å². The van der Waals surface area contributed by atoms with E-state index in [1.807, 2.05) is 13.8 Å². The van der Waals surface area contributed by atoms with Crippen LogP contribution in [-0.4, -0.2) is 35.0 Å². The van der Waals surface area contributed by atoms with Gasteiger partial charge in [-0.3, -0.25) is 4.90 Å². The van der Waals surface area contributed by atoms with E-state index in [1.165, 1.54) is 12.1 Å². The maximum Gasteiger partial charge on any atom is 0.416 e. The van der Waals surface area contributed by atoms with Crippen LogP contribution in [0.1, 0.15) is 25.0 Å². The third-order valence-corrected chi connectivity index (χ3v) is 4.11. The van der Waals surface area contributed by atoms with Crippen LogP contribution >= 0.6 is 15.9 Å². The molecule has 1 aromatic carbocycles. The Labute approximate surface area is 131 Å². The van der Waals surface area contributed by atoms with E-state index in [0.29, 0.717) is 25.2 Å². The first kappa shape index (κ1) is 16.8. The molecule has 0 spiro atoms. The molecule has 1 aliphatic heterocycles. The van der Waals surface area contributed by atoms with Gasteiger partial charge in [-0.25, -0.2) is 0 Å². The van der Waals surface area contributed by atoms with Gasteiger partial charge in [-0.15, -0.1) is 0 Å². The second-order valence-corrected chi connectivity index (χ2v) is 6.67.